The summed E-state index contributed by atoms with van der Waals surface area (Å²) < 4.78 is 1.32. The van der Waals surface area contributed by atoms with Crippen molar-refractivity contribution < 1.29 is 9.90 Å². The molecule has 1 N–H and O–H groups in total. The average Bonchev–Trinajstić information content (AvgIpc) is 2.07. The fourth-order valence-corrected chi connectivity index (χ4v) is 1.03. The maximum atomic E-state index is 11.4. The van der Waals surface area contributed by atoms with Crippen LogP contribution >= 0.6 is 0 Å². The van der Waals surface area contributed by atoms with Crippen LogP contribution in [0.25, 0.3) is 0 Å². The zero-order valence-electron chi connectivity index (χ0n) is 7.66. The quantitative estimate of drug-likeness (QED) is 0.668. The van der Waals surface area contributed by atoms with E-state index in [1.165, 1.54) is 11.5 Å². The van der Waals surface area contributed by atoms with Crippen molar-refractivity contribution >= 4 is 5.97 Å². The third kappa shape index (κ3) is 1.44. The van der Waals surface area contributed by atoms with Gasteiger partial charge in [0.25, 0.3) is 5.56 Å². The highest BCUT2D eigenvalue weighted by Gasteiger charge is 2.14. The van der Waals surface area contributed by atoms with Crippen molar-refractivity contribution in [3.63, 3.8) is 0 Å². The van der Waals surface area contributed by atoms with Crippen LogP contribution in [0.2, 0.25) is 0 Å². The largest absolute Gasteiger partial charge is 0.476 e. The van der Waals surface area contributed by atoms with E-state index in [1.54, 1.807) is 14.0 Å². The Morgan fingerprint density at radius 1 is 1.46 bits per heavy atom. The molecule has 0 radical (unpaired) electrons. The standard InChI is InChI=1S/C8H10N2O3/c1-4-6(8(12)13)9-5(2)10(3)7(4)11/h1-3H3,(H,12,13). The van der Waals surface area contributed by atoms with E-state index >= 15 is 0 Å². The second-order valence-electron chi connectivity index (χ2n) is 2.80. The number of aromatic carboxylic acids is 1. The molecule has 1 rings (SSSR count). The van der Waals surface area contributed by atoms with E-state index < -0.39 is 5.97 Å². The van der Waals surface area contributed by atoms with E-state index in [0.29, 0.717) is 5.82 Å². The van der Waals surface area contributed by atoms with Crippen LogP contribution in [0.1, 0.15) is 21.9 Å². The molecule has 0 amide bonds. The van der Waals surface area contributed by atoms with Crippen LogP contribution in [0.3, 0.4) is 0 Å². The van der Waals surface area contributed by atoms with E-state index in [4.69, 9.17) is 5.11 Å². The molecule has 1 aromatic rings. The van der Waals surface area contributed by atoms with Gasteiger partial charge in [0, 0.05) is 12.6 Å². The molecule has 0 atom stereocenters. The molecule has 0 aliphatic rings. The van der Waals surface area contributed by atoms with Gasteiger partial charge < -0.3 is 5.11 Å². The highest BCUT2D eigenvalue weighted by molar-refractivity contribution is 5.86. The lowest BCUT2D eigenvalue weighted by molar-refractivity contribution is 0.0688. The zero-order valence-corrected chi connectivity index (χ0v) is 7.66. The molecule has 0 saturated carbocycles. The maximum absolute atomic E-state index is 11.4. The van der Waals surface area contributed by atoms with Crippen molar-refractivity contribution in [2.45, 2.75) is 13.8 Å². The van der Waals surface area contributed by atoms with Crippen molar-refractivity contribution in [2.75, 3.05) is 0 Å². The molecule has 0 fully saturated rings. The predicted octanol–water partition coefficient (Wildman–Crippen LogP) is 0.0953. The third-order valence-corrected chi connectivity index (χ3v) is 1.94. The number of aromatic nitrogens is 2. The minimum absolute atomic E-state index is 0.166. The molecule has 5 heteroatoms. The predicted molar refractivity (Wildman–Crippen MR) is 45.9 cm³/mol. The molecule has 0 aliphatic heterocycles. The van der Waals surface area contributed by atoms with Crippen molar-refractivity contribution in [2.24, 2.45) is 7.05 Å². The van der Waals surface area contributed by atoms with Crippen LogP contribution in [0.4, 0.5) is 0 Å². The Kier molecular flexibility index (Phi) is 2.18. The molecule has 0 aromatic carbocycles. The molecule has 70 valence electrons. The summed E-state index contributed by atoms with van der Waals surface area (Å²) in [7, 11) is 1.56. The first-order valence-corrected chi connectivity index (χ1v) is 3.72. The Labute approximate surface area is 74.7 Å². The summed E-state index contributed by atoms with van der Waals surface area (Å²) in [6, 6.07) is 0. The van der Waals surface area contributed by atoms with Gasteiger partial charge in [0.05, 0.1) is 0 Å². The summed E-state index contributed by atoms with van der Waals surface area (Å²) in [5.41, 5.74) is -0.314. The van der Waals surface area contributed by atoms with Crippen LogP contribution in [-0.2, 0) is 7.05 Å². The van der Waals surface area contributed by atoms with Gasteiger partial charge in [0.15, 0.2) is 5.69 Å². The Morgan fingerprint density at radius 2 is 2.00 bits per heavy atom. The van der Waals surface area contributed by atoms with Crippen molar-refractivity contribution in [1.29, 1.82) is 0 Å². The van der Waals surface area contributed by atoms with Gasteiger partial charge in [-0.15, -0.1) is 0 Å². The van der Waals surface area contributed by atoms with Gasteiger partial charge in [-0.05, 0) is 13.8 Å². The number of nitrogens with zero attached hydrogens (tertiary/aromatic N) is 2. The molecule has 13 heavy (non-hydrogen) atoms. The van der Waals surface area contributed by atoms with Crippen LogP contribution < -0.4 is 5.56 Å². The number of rotatable bonds is 1. The highest BCUT2D eigenvalue weighted by Crippen LogP contribution is 1.99. The van der Waals surface area contributed by atoms with Gasteiger partial charge in [-0.1, -0.05) is 0 Å². The summed E-state index contributed by atoms with van der Waals surface area (Å²) in [5.74, 6) is -0.772. The number of hydrogen-bond donors (Lipinski definition) is 1. The summed E-state index contributed by atoms with van der Waals surface area (Å²) in [6.45, 7) is 3.05. The summed E-state index contributed by atoms with van der Waals surface area (Å²) in [5, 5.41) is 8.69. The lowest BCUT2D eigenvalue weighted by atomic mass is 10.2. The first-order chi connectivity index (χ1) is 5.95. The van der Waals surface area contributed by atoms with E-state index in [1.807, 2.05) is 0 Å². The Bertz CT molecular complexity index is 420. The molecule has 1 aromatic heterocycles. The molecule has 1 heterocycles. The van der Waals surface area contributed by atoms with Crippen LogP contribution in [0.15, 0.2) is 4.79 Å². The lowest BCUT2D eigenvalue weighted by Gasteiger charge is -2.05. The van der Waals surface area contributed by atoms with E-state index in [9.17, 15) is 9.59 Å². The molecular weight excluding hydrogens is 172 g/mol. The molecule has 0 unspecified atom stereocenters. The van der Waals surface area contributed by atoms with Crippen LogP contribution in [0.5, 0.6) is 0 Å². The van der Waals surface area contributed by atoms with Gasteiger partial charge in [-0.3, -0.25) is 9.36 Å². The molecular formula is C8H10N2O3. The zero-order chi connectivity index (χ0) is 10.2. The number of carboxylic acid groups (broad SMARTS) is 1. The third-order valence-electron chi connectivity index (χ3n) is 1.94. The van der Waals surface area contributed by atoms with Gasteiger partial charge in [-0.25, -0.2) is 9.78 Å². The van der Waals surface area contributed by atoms with Crippen molar-refractivity contribution in [1.82, 2.24) is 9.55 Å². The fourth-order valence-electron chi connectivity index (χ4n) is 1.03. The smallest absolute Gasteiger partial charge is 0.355 e. The van der Waals surface area contributed by atoms with Crippen LogP contribution in [0, 0.1) is 13.8 Å². The van der Waals surface area contributed by atoms with Gasteiger partial charge in [0.2, 0.25) is 0 Å². The maximum Gasteiger partial charge on any atom is 0.355 e. The first-order valence-electron chi connectivity index (χ1n) is 3.72. The minimum atomic E-state index is -1.17. The van der Waals surface area contributed by atoms with Gasteiger partial charge in [-0.2, -0.15) is 0 Å². The SMILES string of the molecule is Cc1c(C(=O)O)nc(C)n(C)c1=O. The molecule has 0 spiro atoms. The number of hydrogen-bond acceptors (Lipinski definition) is 3. The monoisotopic (exact) mass is 182 g/mol. The molecule has 0 aliphatic carbocycles. The van der Waals surface area contributed by atoms with Crippen LogP contribution in [-0.4, -0.2) is 20.6 Å². The summed E-state index contributed by atoms with van der Waals surface area (Å²) in [4.78, 5) is 25.8. The first kappa shape index (κ1) is 9.44. The Morgan fingerprint density at radius 3 is 2.46 bits per heavy atom. The van der Waals surface area contributed by atoms with E-state index in [-0.39, 0.29) is 16.8 Å². The summed E-state index contributed by atoms with van der Waals surface area (Å²) >= 11 is 0. The highest BCUT2D eigenvalue weighted by atomic mass is 16.4. The topological polar surface area (TPSA) is 72.2 Å². The lowest BCUT2D eigenvalue weighted by Crippen LogP contribution is -2.26. The number of carboxylic acids is 1. The Hall–Kier alpha value is -1.65. The second kappa shape index (κ2) is 3.01. The minimum Gasteiger partial charge on any atom is -0.476 e. The summed E-state index contributed by atoms with van der Waals surface area (Å²) in [6.07, 6.45) is 0. The molecule has 5 nitrogen and oxygen atoms in total. The van der Waals surface area contributed by atoms with E-state index in [2.05, 4.69) is 4.98 Å². The van der Waals surface area contributed by atoms with Crippen molar-refractivity contribution in [3.8, 4) is 0 Å². The van der Waals surface area contributed by atoms with Crippen molar-refractivity contribution in [3.05, 3.63) is 27.4 Å². The second-order valence-corrected chi connectivity index (χ2v) is 2.80. The normalized spacial score (nSPS) is 10.1. The molecule has 0 saturated heterocycles. The molecule has 0 bridgehead atoms. The van der Waals surface area contributed by atoms with Gasteiger partial charge in [0.1, 0.15) is 5.82 Å². The average molecular weight is 182 g/mol. The Balaban J connectivity index is 3.60. The van der Waals surface area contributed by atoms with E-state index in [0.717, 1.165) is 0 Å². The van der Waals surface area contributed by atoms with Gasteiger partial charge >= 0.3 is 5.97 Å². The number of carbonyl (C=O) groups is 1. The number of aryl methyl sites for hydroxylation is 1. The fraction of sp³-hybridized carbons (Fsp3) is 0.375.